The predicted molar refractivity (Wildman–Crippen MR) is 82.5 cm³/mol. The molecule has 1 aliphatic rings. The highest BCUT2D eigenvalue weighted by atomic mass is 35.5. The van der Waals surface area contributed by atoms with E-state index in [9.17, 15) is 0 Å². The molecule has 1 aromatic carbocycles. The highest BCUT2D eigenvalue weighted by molar-refractivity contribution is 7.09. The molecule has 0 amide bonds. The number of halogens is 1. The molecule has 0 radical (unpaired) electrons. The maximum atomic E-state index is 6.26. The third kappa shape index (κ3) is 3.72. The Balaban J connectivity index is 1.58. The SMILES string of the molecule is Cc1nc(COc2ccc(CNC3CC3)cc2Cl)cs1. The summed E-state index contributed by atoms with van der Waals surface area (Å²) in [5.41, 5.74) is 2.14. The molecule has 1 aliphatic carbocycles. The number of aryl methyl sites for hydroxylation is 1. The number of nitrogens with one attached hydrogen (secondary N) is 1. The quantitative estimate of drug-likeness (QED) is 0.878. The van der Waals surface area contributed by atoms with E-state index < -0.39 is 0 Å². The van der Waals surface area contributed by atoms with Crippen molar-refractivity contribution < 1.29 is 4.74 Å². The summed E-state index contributed by atoms with van der Waals surface area (Å²) in [4.78, 5) is 4.37. The molecule has 0 bridgehead atoms. The molecule has 20 heavy (non-hydrogen) atoms. The lowest BCUT2D eigenvalue weighted by Gasteiger charge is -2.09. The van der Waals surface area contributed by atoms with Crippen LogP contribution in [0.2, 0.25) is 5.02 Å². The van der Waals surface area contributed by atoms with Crippen LogP contribution >= 0.6 is 22.9 Å². The molecule has 3 nitrogen and oxygen atoms in total. The average Bonchev–Trinajstić information content (AvgIpc) is 3.17. The monoisotopic (exact) mass is 308 g/mol. The largest absolute Gasteiger partial charge is 0.486 e. The van der Waals surface area contributed by atoms with Gasteiger partial charge in [0.2, 0.25) is 0 Å². The fourth-order valence-corrected chi connectivity index (χ4v) is 2.80. The minimum absolute atomic E-state index is 0.462. The molecule has 3 rings (SSSR count). The van der Waals surface area contributed by atoms with Gasteiger partial charge in [-0.3, -0.25) is 0 Å². The lowest BCUT2D eigenvalue weighted by molar-refractivity contribution is 0.302. The molecule has 0 aliphatic heterocycles. The smallest absolute Gasteiger partial charge is 0.138 e. The molecular weight excluding hydrogens is 292 g/mol. The van der Waals surface area contributed by atoms with Crippen molar-refractivity contribution in [3.8, 4) is 5.75 Å². The maximum Gasteiger partial charge on any atom is 0.138 e. The summed E-state index contributed by atoms with van der Waals surface area (Å²) in [6, 6.07) is 6.67. The van der Waals surface area contributed by atoms with Gasteiger partial charge >= 0.3 is 0 Å². The number of ether oxygens (including phenoxy) is 1. The van der Waals surface area contributed by atoms with Gasteiger partial charge in [-0.1, -0.05) is 17.7 Å². The minimum Gasteiger partial charge on any atom is -0.486 e. The highest BCUT2D eigenvalue weighted by Crippen LogP contribution is 2.27. The Morgan fingerprint density at radius 1 is 1.45 bits per heavy atom. The molecule has 0 saturated heterocycles. The van der Waals surface area contributed by atoms with Crippen LogP contribution in [0.25, 0.3) is 0 Å². The lowest BCUT2D eigenvalue weighted by Crippen LogP contribution is -2.15. The van der Waals surface area contributed by atoms with Crippen molar-refractivity contribution in [3.63, 3.8) is 0 Å². The van der Waals surface area contributed by atoms with Gasteiger partial charge in [-0.15, -0.1) is 11.3 Å². The van der Waals surface area contributed by atoms with Gasteiger partial charge < -0.3 is 10.1 Å². The van der Waals surface area contributed by atoms with Crippen molar-refractivity contribution in [1.29, 1.82) is 0 Å². The summed E-state index contributed by atoms with van der Waals surface area (Å²) in [7, 11) is 0. The molecule has 0 atom stereocenters. The number of rotatable bonds is 6. The molecule has 0 spiro atoms. The number of hydrogen-bond acceptors (Lipinski definition) is 4. The molecule has 1 aromatic heterocycles. The maximum absolute atomic E-state index is 6.26. The Morgan fingerprint density at radius 3 is 2.95 bits per heavy atom. The van der Waals surface area contributed by atoms with Gasteiger partial charge in [-0.25, -0.2) is 4.98 Å². The molecule has 106 valence electrons. The average molecular weight is 309 g/mol. The fraction of sp³-hybridized carbons (Fsp3) is 0.400. The van der Waals surface area contributed by atoms with Crippen molar-refractivity contribution in [1.82, 2.24) is 10.3 Å². The fourth-order valence-electron chi connectivity index (χ4n) is 1.95. The first-order valence-electron chi connectivity index (χ1n) is 6.76. The second kappa shape index (κ2) is 6.12. The van der Waals surface area contributed by atoms with Crippen LogP contribution in [-0.4, -0.2) is 11.0 Å². The molecule has 2 aromatic rings. The third-order valence-corrected chi connectivity index (χ3v) is 4.33. The molecule has 5 heteroatoms. The second-order valence-electron chi connectivity index (χ2n) is 5.07. The number of hydrogen-bond donors (Lipinski definition) is 1. The zero-order chi connectivity index (χ0) is 13.9. The Morgan fingerprint density at radius 2 is 2.30 bits per heavy atom. The normalized spacial score (nSPS) is 14.5. The van der Waals surface area contributed by atoms with E-state index in [1.54, 1.807) is 11.3 Å². The third-order valence-electron chi connectivity index (χ3n) is 3.21. The van der Waals surface area contributed by atoms with E-state index in [4.69, 9.17) is 16.3 Å². The van der Waals surface area contributed by atoms with Gasteiger partial charge in [0.05, 0.1) is 15.7 Å². The zero-order valence-corrected chi connectivity index (χ0v) is 12.9. The molecule has 1 saturated carbocycles. The van der Waals surface area contributed by atoms with Gasteiger partial charge in [0.1, 0.15) is 12.4 Å². The minimum atomic E-state index is 0.462. The van der Waals surface area contributed by atoms with Crippen LogP contribution in [-0.2, 0) is 13.2 Å². The first-order valence-corrected chi connectivity index (χ1v) is 8.02. The van der Waals surface area contributed by atoms with Gasteiger partial charge in [0, 0.05) is 18.0 Å². The Kier molecular flexibility index (Phi) is 4.24. The van der Waals surface area contributed by atoms with E-state index in [0.29, 0.717) is 23.4 Å². The van der Waals surface area contributed by atoms with E-state index in [1.165, 1.54) is 18.4 Å². The number of aromatic nitrogens is 1. The highest BCUT2D eigenvalue weighted by Gasteiger charge is 2.20. The van der Waals surface area contributed by atoms with Crippen molar-refractivity contribution in [2.75, 3.05) is 0 Å². The topological polar surface area (TPSA) is 34.1 Å². The second-order valence-corrected chi connectivity index (χ2v) is 6.54. The molecule has 1 heterocycles. The molecule has 0 unspecified atom stereocenters. The first kappa shape index (κ1) is 13.9. The molecular formula is C15H17ClN2OS. The first-order chi connectivity index (χ1) is 9.70. The Hall–Kier alpha value is -1.10. The van der Waals surface area contributed by atoms with Crippen LogP contribution in [0.1, 0.15) is 29.1 Å². The summed E-state index contributed by atoms with van der Waals surface area (Å²) in [6.07, 6.45) is 2.59. The summed E-state index contributed by atoms with van der Waals surface area (Å²) in [5.74, 6) is 0.715. The Bertz CT molecular complexity index is 595. The van der Waals surface area contributed by atoms with Gasteiger partial charge in [-0.2, -0.15) is 0 Å². The van der Waals surface area contributed by atoms with Gasteiger partial charge in [-0.05, 0) is 37.5 Å². The zero-order valence-electron chi connectivity index (χ0n) is 11.4. The van der Waals surface area contributed by atoms with E-state index >= 15 is 0 Å². The van der Waals surface area contributed by atoms with Crippen molar-refractivity contribution >= 4 is 22.9 Å². The van der Waals surface area contributed by atoms with E-state index in [-0.39, 0.29) is 0 Å². The van der Waals surface area contributed by atoms with Crippen molar-refractivity contribution in [2.45, 2.75) is 39.0 Å². The van der Waals surface area contributed by atoms with Crippen molar-refractivity contribution in [2.24, 2.45) is 0 Å². The summed E-state index contributed by atoms with van der Waals surface area (Å²) < 4.78 is 5.72. The van der Waals surface area contributed by atoms with E-state index in [1.807, 2.05) is 24.4 Å². The summed E-state index contributed by atoms with van der Waals surface area (Å²) >= 11 is 7.89. The van der Waals surface area contributed by atoms with Crippen LogP contribution in [0, 0.1) is 6.92 Å². The lowest BCUT2D eigenvalue weighted by atomic mass is 10.2. The number of thiazole rings is 1. The van der Waals surface area contributed by atoms with E-state index in [0.717, 1.165) is 17.2 Å². The van der Waals surface area contributed by atoms with Gasteiger partial charge in [0.25, 0.3) is 0 Å². The van der Waals surface area contributed by atoms with Crippen molar-refractivity contribution in [3.05, 3.63) is 44.9 Å². The standard InChI is InChI=1S/C15H17ClN2OS/c1-10-18-13(9-20-10)8-19-15-5-2-11(6-14(15)16)7-17-12-3-4-12/h2,5-6,9,12,17H,3-4,7-8H2,1H3. The van der Waals surface area contributed by atoms with Crippen LogP contribution in [0.5, 0.6) is 5.75 Å². The van der Waals surface area contributed by atoms with Gasteiger partial charge in [0.15, 0.2) is 0 Å². The number of nitrogens with zero attached hydrogens (tertiary/aromatic N) is 1. The summed E-state index contributed by atoms with van der Waals surface area (Å²) in [5, 5.41) is 7.19. The van der Waals surface area contributed by atoms with Crippen LogP contribution < -0.4 is 10.1 Å². The summed E-state index contributed by atoms with van der Waals surface area (Å²) in [6.45, 7) is 3.32. The van der Waals surface area contributed by atoms with E-state index in [2.05, 4.69) is 16.4 Å². The van der Waals surface area contributed by atoms with Crippen LogP contribution in [0.3, 0.4) is 0 Å². The predicted octanol–water partition coefficient (Wildman–Crippen LogP) is 3.94. The van der Waals surface area contributed by atoms with Crippen LogP contribution in [0.15, 0.2) is 23.6 Å². The Labute approximate surface area is 127 Å². The number of benzene rings is 1. The molecule has 1 fully saturated rings. The molecule has 1 N–H and O–H groups in total. The van der Waals surface area contributed by atoms with Crippen LogP contribution in [0.4, 0.5) is 0 Å².